The highest BCUT2D eigenvalue weighted by Crippen LogP contribution is 2.34. The number of pyridine rings is 1. The number of aliphatic carboxylic acids is 1. The maximum absolute atomic E-state index is 13.1. The maximum atomic E-state index is 13.1. The standard InChI is InChI=1S/C22H24N2O3/c1-12-8-9-23-17(10-12)20(25)19-18(13(2)21(26)27)15-11-14(22(3,4)5)6-7-16(15)24-19/h6-11,13,24H,1-5H3,(H,26,27). The zero-order chi connectivity index (χ0) is 19.9. The Hall–Kier alpha value is -2.95. The summed E-state index contributed by atoms with van der Waals surface area (Å²) in [5, 5.41) is 10.4. The van der Waals surface area contributed by atoms with Crippen LogP contribution in [0.25, 0.3) is 10.9 Å². The molecule has 0 spiro atoms. The molecule has 0 aliphatic heterocycles. The van der Waals surface area contributed by atoms with Crippen molar-refractivity contribution in [1.29, 1.82) is 0 Å². The number of fused-ring (bicyclic) bond motifs is 1. The Kier molecular flexibility index (Phi) is 4.64. The number of hydrogen-bond donors (Lipinski definition) is 2. The van der Waals surface area contributed by atoms with E-state index in [1.54, 1.807) is 19.2 Å². The number of benzene rings is 1. The first-order valence-corrected chi connectivity index (χ1v) is 8.96. The molecule has 3 aromatic rings. The molecule has 0 aliphatic carbocycles. The fourth-order valence-electron chi connectivity index (χ4n) is 3.22. The van der Waals surface area contributed by atoms with Gasteiger partial charge in [-0.3, -0.25) is 14.6 Å². The van der Waals surface area contributed by atoms with E-state index in [0.29, 0.717) is 17.0 Å². The van der Waals surface area contributed by atoms with Crippen LogP contribution in [0.15, 0.2) is 36.5 Å². The molecule has 140 valence electrons. The summed E-state index contributed by atoms with van der Waals surface area (Å²) in [7, 11) is 0. The van der Waals surface area contributed by atoms with Crippen LogP contribution in [0.4, 0.5) is 0 Å². The van der Waals surface area contributed by atoms with Gasteiger partial charge >= 0.3 is 5.97 Å². The average Bonchev–Trinajstić information content (AvgIpc) is 2.98. The van der Waals surface area contributed by atoms with Gasteiger partial charge in [-0.1, -0.05) is 26.8 Å². The van der Waals surface area contributed by atoms with Crippen molar-refractivity contribution in [2.75, 3.05) is 0 Å². The summed E-state index contributed by atoms with van der Waals surface area (Å²) in [5.74, 6) is -2.09. The third-order valence-corrected chi connectivity index (χ3v) is 4.88. The van der Waals surface area contributed by atoms with Gasteiger partial charge in [-0.05, 0) is 54.7 Å². The molecule has 1 atom stereocenters. The fraction of sp³-hybridized carbons (Fsp3) is 0.318. The lowest BCUT2D eigenvalue weighted by Gasteiger charge is -2.19. The molecule has 2 N–H and O–H groups in total. The van der Waals surface area contributed by atoms with Crippen molar-refractivity contribution in [1.82, 2.24) is 9.97 Å². The number of aryl methyl sites for hydroxylation is 1. The van der Waals surface area contributed by atoms with Gasteiger partial charge in [-0.15, -0.1) is 0 Å². The number of carboxylic acid groups (broad SMARTS) is 1. The fourth-order valence-corrected chi connectivity index (χ4v) is 3.22. The third-order valence-electron chi connectivity index (χ3n) is 4.88. The molecule has 0 fully saturated rings. The van der Waals surface area contributed by atoms with Crippen molar-refractivity contribution in [3.63, 3.8) is 0 Å². The van der Waals surface area contributed by atoms with Gasteiger partial charge in [-0.25, -0.2) is 0 Å². The Balaban J connectivity index is 2.27. The summed E-state index contributed by atoms with van der Waals surface area (Å²) in [5.41, 5.74) is 3.78. The van der Waals surface area contributed by atoms with Crippen molar-refractivity contribution >= 4 is 22.7 Å². The van der Waals surface area contributed by atoms with Crippen LogP contribution in [0.1, 0.15) is 66.5 Å². The molecular formula is C22H24N2O3. The zero-order valence-corrected chi connectivity index (χ0v) is 16.3. The number of aromatic amines is 1. The molecule has 1 unspecified atom stereocenters. The second kappa shape index (κ2) is 6.65. The van der Waals surface area contributed by atoms with E-state index in [1.165, 1.54) is 0 Å². The maximum Gasteiger partial charge on any atom is 0.310 e. The van der Waals surface area contributed by atoms with Crippen molar-refractivity contribution in [3.8, 4) is 0 Å². The number of hydrogen-bond acceptors (Lipinski definition) is 3. The molecule has 0 amide bonds. The molecule has 0 saturated carbocycles. The van der Waals surface area contributed by atoms with E-state index >= 15 is 0 Å². The summed E-state index contributed by atoms with van der Waals surface area (Å²) in [6, 6.07) is 9.44. The molecule has 0 saturated heterocycles. The normalized spacial score (nSPS) is 12.9. The van der Waals surface area contributed by atoms with Gasteiger partial charge < -0.3 is 10.1 Å². The van der Waals surface area contributed by atoms with Crippen LogP contribution in [0.2, 0.25) is 0 Å². The molecule has 1 aromatic carbocycles. The summed E-state index contributed by atoms with van der Waals surface area (Å²) < 4.78 is 0. The van der Waals surface area contributed by atoms with Crippen molar-refractivity contribution in [3.05, 3.63) is 64.6 Å². The number of carbonyl (C=O) groups is 2. The van der Waals surface area contributed by atoms with Crippen molar-refractivity contribution < 1.29 is 14.7 Å². The van der Waals surface area contributed by atoms with Gasteiger partial charge in [0.2, 0.25) is 5.78 Å². The van der Waals surface area contributed by atoms with Crippen LogP contribution in [0.5, 0.6) is 0 Å². The summed E-state index contributed by atoms with van der Waals surface area (Å²) in [4.78, 5) is 32.2. The van der Waals surface area contributed by atoms with Gasteiger partial charge in [0.1, 0.15) is 5.69 Å². The predicted octanol–water partition coefficient (Wildman–Crippen LogP) is 4.59. The van der Waals surface area contributed by atoms with Crippen LogP contribution in [-0.2, 0) is 10.2 Å². The zero-order valence-electron chi connectivity index (χ0n) is 16.3. The monoisotopic (exact) mass is 364 g/mol. The molecule has 0 bridgehead atoms. The number of rotatable bonds is 4. The van der Waals surface area contributed by atoms with E-state index in [0.717, 1.165) is 22.0 Å². The highest BCUT2D eigenvalue weighted by atomic mass is 16.4. The van der Waals surface area contributed by atoms with Gasteiger partial charge in [-0.2, -0.15) is 0 Å². The van der Waals surface area contributed by atoms with Gasteiger partial charge in [0, 0.05) is 22.7 Å². The molecule has 0 aliphatic rings. The largest absolute Gasteiger partial charge is 0.481 e. The molecule has 27 heavy (non-hydrogen) atoms. The van der Waals surface area contributed by atoms with Gasteiger partial charge in [0.05, 0.1) is 11.6 Å². The molecule has 2 aromatic heterocycles. The quantitative estimate of drug-likeness (QED) is 0.663. The van der Waals surface area contributed by atoms with E-state index in [4.69, 9.17) is 0 Å². The summed E-state index contributed by atoms with van der Waals surface area (Å²) >= 11 is 0. The number of carbonyl (C=O) groups excluding carboxylic acids is 1. The van der Waals surface area contributed by atoms with Crippen LogP contribution >= 0.6 is 0 Å². The Bertz CT molecular complexity index is 1040. The number of H-pyrrole nitrogens is 1. The smallest absolute Gasteiger partial charge is 0.310 e. The van der Waals surface area contributed by atoms with E-state index in [-0.39, 0.29) is 11.2 Å². The summed E-state index contributed by atoms with van der Waals surface area (Å²) in [6.07, 6.45) is 1.59. The van der Waals surface area contributed by atoms with E-state index < -0.39 is 11.9 Å². The van der Waals surface area contributed by atoms with Crippen LogP contribution in [0, 0.1) is 6.92 Å². The van der Waals surface area contributed by atoms with Gasteiger partial charge in [0.25, 0.3) is 0 Å². The second-order valence-corrected chi connectivity index (χ2v) is 8.03. The van der Waals surface area contributed by atoms with E-state index in [1.807, 2.05) is 31.2 Å². The first kappa shape index (κ1) is 18.8. The third kappa shape index (κ3) is 3.50. The summed E-state index contributed by atoms with van der Waals surface area (Å²) in [6.45, 7) is 9.80. The number of nitrogens with zero attached hydrogens (tertiary/aromatic N) is 1. The second-order valence-electron chi connectivity index (χ2n) is 8.03. The highest BCUT2D eigenvalue weighted by molar-refractivity contribution is 6.12. The lowest BCUT2D eigenvalue weighted by atomic mass is 9.85. The first-order valence-electron chi connectivity index (χ1n) is 8.96. The first-order chi connectivity index (χ1) is 12.6. The molecule has 2 heterocycles. The minimum absolute atomic E-state index is 0.0859. The minimum atomic E-state index is -0.969. The SMILES string of the molecule is Cc1ccnc(C(=O)c2[nH]c3ccc(C(C)(C)C)cc3c2C(C)C(=O)O)c1. The van der Waals surface area contributed by atoms with Gasteiger partial charge in [0.15, 0.2) is 0 Å². The lowest BCUT2D eigenvalue weighted by molar-refractivity contribution is -0.138. The van der Waals surface area contributed by atoms with Crippen LogP contribution in [-0.4, -0.2) is 26.8 Å². The molecule has 0 radical (unpaired) electrons. The number of aromatic nitrogens is 2. The molecule has 5 nitrogen and oxygen atoms in total. The predicted molar refractivity (Wildman–Crippen MR) is 105 cm³/mol. The van der Waals surface area contributed by atoms with Crippen molar-refractivity contribution in [2.24, 2.45) is 0 Å². The number of carboxylic acids is 1. The number of nitrogens with one attached hydrogen (secondary N) is 1. The van der Waals surface area contributed by atoms with Crippen molar-refractivity contribution in [2.45, 2.75) is 46.0 Å². The Morgan fingerprint density at radius 1 is 1.15 bits per heavy atom. The van der Waals surface area contributed by atoms with Crippen LogP contribution in [0.3, 0.4) is 0 Å². The van der Waals surface area contributed by atoms with E-state index in [2.05, 4.69) is 30.7 Å². The molecular weight excluding hydrogens is 340 g/mol. The number of ketones is 1. The van der Waals surface area contributed by atoms with E-state index in [9.17, 15) is 14.7 Å². The topological polar surface area (TPSA) is 83.0 Å². The Morgan fingerprint density at radius 3 is 2.44 bits per heavy atom. The minimum Gasteiger partial charge on any atom is -0.481 e. The Morgan fingerprint density at radius 2 is 1.85 bits per heavy atom. The molecule has 5 heteroatoms. The Labute approximate surface area is 158 Å². The molecule has 3 rings (SSSR count). The average molecular weight is 364 g/mol. The lowest BCUT2D eigenvalue weighted by Crippen LogP contribution is -2.14. The highest BCUT2D eigenvalue weighted by Gasteiger charge is 2.28. The van der Waals surface area contributed by atoms with Crippen LogP contribution < -0.4 is 0 Å².